The first-order valence-corrected chi connectivity index (χ1v) is 10.1. The van der Waals surface area contributed by atoms with E-state index < -0.39 is 31.6 Å². The van der Waals surface area contributed by atoms with Gasteiger partial charge in [-0.05, 0) is 18.2 Å². The Hall–Kier alpha value is -2.89. The molecule has 0 spiro atoms. The van der Waals surface area contributed by atoms with Crippen molar-refractivity contribution in [2.45, 2.75) is 11.3 Å². The van der Waals surface area contributed by atoms with Crippen LogP contribution in [0.4, 0.5) is 15.8 Å². The fourth-order valence-corrected chi connectivity index (χ4v) is 4.42. The standard InChI is InChI=1S/C18H18FN3O6S/c19-15-6-5-14(12-17(15)29(26,27)21-7-9-28-10-8-21)20-18(23)11-13-3-1-2-4-16(13)22(24)25/h1-6,12H,7-11H2,(H,20,23). The minimum absolute atomic E-state index is 0.0711. The van der Waals surface area contributed by atoms with Crippen LogP contribution in [0.25, 0.3) is 0 Å². The number of amides is 1. The van der Waals surface area contributed by atoms with Gasteiger partial charge in [-0.2, -0.15) is 4.31 Å². The zero-order valence-electron chi connectivity index (χ0n) is 15.2. The topological polar surface area (TPSA) is 119 Å². The second-order valence-corrected chi connectivity index (χ2v) is 8.18. The van der Waals surface area contributed by atoms with Gasteiger partial charge in [0.15, 0.2) is 0 Å². The van der Waals surface area contributed by atoms with Gasteiger partial charge in [-0.15, -0.1) is 0 Å². The lowest BCUT2D eigenvalue weighted by molar-refractivity contribution is -0.385. The summed E-state index contributed by atoms with van der Waals surface area (Å²) in [5.41, 5.74) is 0.0810. The van der Waals surface area contributed by atoms with E-state index in [1.807, 2.05) is 0 Å². The molecule has 3 rings (SSSR count). The van der Waals surface area contributed by atoms with E-state index in [1.165, 1.54) is 24.3 Å². The zero-order chi connectivity index (χ0) is 21.0. The van der Waals surface area contributed by atoms with Gasteiger partial charge in [0.1, 0.15) is 10.7 Å². The van der Waals surface area contributed by atoms with E-state index >= 15 is 0 Å². The summed E-state index contributed by atoms with van der Waals surface area (Å²) in [4.78, 5) is 22.2. The average molecular weight is 423 g/mol. The van der Waals surface area contributed by atoms with Crippen molar-refractivity contribution in [1.82, 2.24) is 4.31 Å². The summed E-state index contributed by atoms with van der Waals surface area (Å²) >= 11 is 0. The van der Waals surface area contributed by atoms with Crippen LogP contribution in [0.3, 0.4) is 0 Å². The predicted octanol–water partition coefficient (Wildman–Crippen LogP) is 1.94. The van der Waals surface area contributed by atoms with Gasteiger partial charge in [0, 0.05) is 30.4 Å². The number of halogens is 1. The first-order valence-electron chi connectivity index (χ1n) is 8.68. The summed E-state index contributed by atoms with van der Waals surface area (Å²) in [6, 6.07) is 9.02. The summed E-state index contributed by atoms with van der Waals surface area (Å²) in [5.74, 6) is -1.53. The van der Waals surface area contributed by atoms with E-state index in [0.717, 1.165) is 16.4 Å². The highest BCUT2D eigenvalue weighted by Crippen LogP contribution is 2.24. The largest absolute Gasteiger partial charge is 0.379 e. The Morgan fingerprint density at radius 1 is 1.21 bits per heavy atom. The molecule has 0 radical (unpaired) electrons. The minimum atomic E-state index is -4.09. The van der Waals surface area contributed by atoms with E-state index in [-0.39, 0.29) is 49.7 Å². The Kier molecular flexibility index (Phi) is 6.20. The van der Waals surface area contributed by atoms with E-state index in [9.17, 15) is 27.7 Å². The number of hydrogen-bond acceptors (Lipinski definition) is 6. The summed E-state index contributed by atoms with van der Waals surface area (Å²) in [6.07, 6.45) is -0.292. The van der Waals surface area contributed by atoms with Crippen molar-refractivity contribution in [2.75, 3.05) is 31.6 Å². The maximum absolute atomic E-state index is 14.2. The number of nitro groups is 1. The molecule has 154 valence electrons. The van der Waals surface area contributed by atoms with E-state index in [2.05, 4.69) is 5.32 Å². The highest BCUT2D eigenvalue weighted by molar-refractivity contribution is 7.89. The average Bonchev–Trinajstić information content (AvgIpc) is 2.70. The number of ether oxygens (including phenoxy) is 1. The summed E-state index contributed by atoms with van der Waals surface area (Å²) in [6.45, 7) is 0.645. The van der Waals surface area contributed by atoms with Gasteiger partial charge >= 0.3 is 0 Å². The molecule has 2 aromatic rings. The van der Waals surface area contributed by atoms with E-state index in [4.69, 9.17) is 4.74 Å². The second kappa shape index (κ2) is 8.64. The normalized spacial score (nSPS) is 15.1. The lowest BCUT2D eigenvalue weighted by atomic mass is 10.1. The molecule has 1 aliphatic heterocycles. The maximum Gasteiger partial charge on any atom is 0.273 e. The number of nitrogens with one attached hydrogen (secondary N) is 1. The summed E-state index contributed by atoms with van der Waals surface area (Å²) in [7, 11) is -4.09. The number of sulfonamides is 1. The molecule has 1 heterocycles. The van der Waals surface area contributed by atoms with Gasteiger partial charge in [-0.25, -0.2) is 12.8 Å². The molecule has 0 unspecified atom stereocenters. The van der Waals surface area contributed by atoms with E-state index in [1.54, 1.807) is 6.07 Å². The number of morpholine rings is 1. The molecule has 0 atom stereocenters. The Labute approximate surface area is 166 Å². The van der Waals surface area contributed by atoms with Crippen LogP contribution in [-0.2, 0) is 26.0 Å². The van der Waals surface area contributed by atoms with Crippen molar-refractivity contribution in [3.05, 3.63) is 64.0 Å². The third-order valence-corrected chi connectivity index (χ3v) is 6.26. The van der Waals surface area contributed by atoms with Crippen LogP contribution in [0, 0.1) is 15.9 Å². The second-order valence-electron chi connectivity index (χ2n) is 6.27. The quantitative estimate of drug-likeness (QED) is 0.560. The molecule has 11 heteroatoms. The van der Waals surface area contributed by atoms with Gasteiger partial charge in [0.2, 0.25) is 15.9 Å². The molecule has 1 saturated heterocycles. The number of benzene rings is 2. The minimum Gasteiger partial charge on any atom is -0.379 e. The van der Waals surface area contributed by atoms with E-state index in [0.29, 0.717) is 0 Å². The molecule has 1 N–H and O–H groups in total. The van der Waals surface area contributed by atoms with Crippen LogP contribution in [-0.4, -0.2) is 49.9 Å². The van der Waals surface area contributed by atoms with Gasteiger partial charge in [0.25, 0.3) is 5.69 Å². The molecule has 9 nitrogen and oxygen atoms in total. The van der Waals surface area contributed by atoms with Crippen molar-refractivity contribution in [3.63, 3.8) is 0 Å². The number of anilines is 1. The molecule has 2 aromatic carbocycles. The molecule has 0 aliphatic carbocycles. The zero-order valence-corrected chi connectivity index (χ0v) is 16.0. The summed E-state index contributed by atoms with van der Waals surface area (Å²) < 4.78 is 45.9. The molecule has 1 aliphatic rings. The van der Waals surface area contributed by atoms with Crippen LogP contribution >= 0.6 is 0 Å². The van der Waals surface area contributed by atoms with Crippen molar-refractivity contribution in [3.8, 4) is 0 Å². The number of carbonyl (C=O) groups excluding carboxylic acids is 1. The Morgan fingerprint density at radius 2 is 1.90 bits per heavy atom. The number of para-hydroxylation sites is 1. The Balaban J connectivity index is 1.80. The van der Waals surface area contributed by atoms with Gasteiger partial charge in [-0.1, -0.05) is 18.2 Å². The molecule has 1 fully saturated rings. The van der Waals surface area contributed by atoms with Gasteiger partial charge in [-0.3, -0.25) is 14.9 Å². The Morgan fingerprint density at radius 3 is 2.59 bits per heavy atom. The predicted molar refractivity (Wildman–Crippen MR) is 101 cm³/mol. The number of rotatable bonds is 6. The van der Waals surface area contributed by atoms with Crippen LogP contribution in [0.5, 0.6) is 0 Å². The first kappa shape index (κ1) is 20.8. The highest BCUT2D eigenvalue weighted by Gasteiger charge is 2.29. The SMILES string of the molecule is O=C(Cc1ccccc1[N+](=O)[O-])Nc1ccc(F)c(S(=O)(=O)N2CCOCC2)c1. The van der Waals surface area contributed by atoms with Crippen molar-refractivity contribution >= 4 is 27.3 Å². The molecule has 0 aromatic heterocycles. The molecule has 0 bridgehead atoms. The highest BCUT2D eigenvalue weighted by atomic mass is 32.2. The maximum atomic E-state index is 14.2. The summed E-state index contributed by atoms with van der Waals surface area (Å²) in [5, 5.41) is 13.5. The monoisotopic (exact) mass is 423 g/mol. The lowest BCUT2D eigenvalue weighted by Gasteiger charge is -2.26. The fourth-order valence-electron chi connectivity index (χ4n) is 2.92. The lowest BCUT2D eigenvalue weighted by Crippen LogP contribution is -2.40. The number of nitrogens with zero attached hydrogens (tertiary/aromatic N) is 2. The van der Waals surface area contributed by atoms with Crippen molar-refractivity contribution in [1.29, 1.82) is 0 Å². The number of nitro benzene ring substituents is 1. The van der Waals surface area contributed by atoms with Crippen LogP contribution in [0.15, 0.2) is 47.4 Å². The van der Waals surface area contributed by atoms with Crippen molar-refractivity contribution < 1.29 is 27.3 Å². The fraction of sp³-hybridized carbons (Fsp3) is 0.278. The smallest absolute Gasteiger partial charge is 0.273 e. The Bertz CT molecular complexity index is 1040. The number of carbonyl (C=O) groups is 1. The molecular weight excluding hydrogens is 405 g/mol. The molecule has 0 saturated carbocycles. The third-order valence-electron chi connectivity index (χ3n) is 4.34. The van der Waals surface area contributed by atoms with Crippen LogP contribution in [0.2, 0.25) is 0 Å². The van der Waals surface area contributed by atoms with Gasteiger partial charge in [0.05, 0.1) is 24.6 Å². The molecule has 1 amide bonds. The van der Waals surface area contributed by atoms with Crippen molar-refractivity contribution in [2.24, 2.45) is 0 Å². The molecular formula is C18H18FN3O6S. The molecule has 29 heavy (non-hydrogen) atoms. The number of hydrogen-bond donors (Lipinski definition) is 1. The van der Waals surface area contributed by atoms with Crippen LogP contribution < -0.4 is 5.32 Å². The van der Waals surface area contributed by atoms with Gasteiger partial charge < -0.3 is 10.1 Å². The third kappa shape index (κ3) is 4.75. The van der Waals surface area contributed by atoms with Crippen LogP contribution in [0.1, 0.15) is 5.56 Å². The first-order chi connectivity index (χ1) is 13.8.